The zero-order valence-electron chi connectivity index (χ0n) is 14.8. The predicted molar refractivity (Wildman–Crippen MR) is 98.5 cm³/mol. The van der Waals surface area contributed by atoms with Crippen LogP contribution in [-0.2, 0) is 36.6 Å². The van der Waals surface area contributed by atoms with E-state index in [1.165, 1.54) is 27.6 Å². The number of hydrogen-bond acceptors (Lipinski definition) is 5. The zero-order chi connectivity index (χ0) is 19.0. The fourth-order valence-corrected chi connectivity index (χ4v) is 4.54. The molecule has 0 unspecified atom stereocenters. The van der Waals surface area contributed by atoms with E-state index in [4.69, 9.17) is 0 Å². The van der Waals surface area contributed by atoms with Gasteiger partial charge in [0.1, 0.15) is 4.90 Å². The van der Waals surface area contributed by atoms with Gasteiger partial charge in [-0.1, -0.05) is 30.3 Å². The fourth-order valence-electron chi connectivity index (χ4n) is 3.18. The highest BCUT2D eigenvalue weighted by molar-refractivity contribution is 7.89. The molecule has 0 fully saturated rings. The number of aryl methyl sites for hydroxylation is 1. The van der Waals surface area contributed by atoms with Crippen LogP contribution in [0.4, 0.5) is 0 Å². The number of hydrogen-bond donors (Lipinski definition) is 0. The van der Waals surface area contributed by atoms with Crippen LogP contribution in [0.25, 0.3) is 0 Å². The highest BCUT2D eigenvalue weighted by Gasteiger charge is 2.31. The Balaban J connectivity index is 1.57. The summed E-state index contributed by atoms with van der Waals surface area (Å²) >= 11 is 0. The van der Waals surface area contributed by atoms with Crippen LogP contribution in [0.3, 0.4) is 0 Å². The number of rotatable bonds is 4. The van der Waals surface area contributed by atoms with Crippen molar-refractivity contribution in [3.05, 3.63) is 76.2 Å². The maximum absolute atomic E-state index is 13.0. The minimum absolute atomic E-state index is 0.0949. The minimum Gasteiger partial charge on any atom is -0.302 e. The van der Waals surface area contributed by atoms with Gasteiger partial charge in [-0.25, -0.2) is 13.4 Å². The molecule has 0 aliphatic carbocycles. The lowest BCUT2D eigenvalue weighted by Crippen LogP contribution is -2.39. The molecule has 0 spiro atoms. The third kappa shape index (κ3) is 3.31. The summed E-state index contributed by atoms with van der Waals surface area (Å²) in [6, 6.07) is 9.71. The van der Waals surface area contributed by atoms with E-state index < -0.39 is 10.0 Å². The van der Waals surface area contributed by atoms with Gasteiger partial charge >= 0.3 is 0 Å². The van der Waals surface area contributed by atoms with Gasteiger partial charge in [0.25, 0.3) is 5.56 Å². The highest BCUT2D eigenvalue weighted by Crippen LogP contribution is 2.22. The molecule has 27 heavy (non-hydrogen) atoms. The van der Waals surface area contributed by atoms with Crippen LogP contribution in [0.1, 0.15) is 16.8 Å². The molecule has 8 nitrogen and oxygen atoms in total. The molecule has 1 aliphatic heterocycles. The van der Waals surface area contributed by atoms with Crippen molar-refractivity contribution in [1.29, 1.82) is 0 Å². The lowest BCUT2D eigenvalue weighted by Gasteiger charge is -2.26. The van der Waals surface area contributed by atoms with Gasteiger partial charge in [0.05, 0.1) is 31.3 Å². The topological polar surface area (TPSA) is 90.1 Å². The van der Waals surface area contributed by atoms with Crippen LogP contribution in [0.2, 0.25) is 0 Å². The van der Waals surface area contributed by atoms with Gasteiger partial charge in [-0.15, -0.1) is 0 Å². The van der Waals surface area contributed by atoms with E-state index in [1.54, 1.807) is 11.7 Å². The highest BCUT2D eigenvalue weighted by atomic mass is 32.2. The maximum atomic E-state index is 13.0. The summed E-state index contributed by atoms with van der Waals surface area (Å²) in [5.41, 5.74) is 2.03. The van der Waals surface area contributed by atoms with E-state index in [1.807, 2.05) is 30.3 Å². The molecule has 0 radical (unpaired) electrons. The Morgan fingerprint density at radius 1 is 1.19 bits per heavy atom. The number of nitrogens with zero attached hydrogens (tertiary/aromatic N) is 5. The van der Waals surface area contributed by atoms with Gasteiger partial charge in [-0.05, 0) is 12.0 Å². The molecule has 3 aromatic rings. The van der Waals surface area contributed by atoms with E-state index in [0.717, 1.165) is 5.56 Å². The third-order valence-electron chi connectivity index (χ3n) is 4.69. The van der Waals surface area contributed by atoms with Crippen LogP contribution >= 0.6 is 0 Å². The van der Waals surface area contributed by atoms with Gasteiger partial charge in [0, 0.05) is 25.4 Å². The molecular formula is C18H19N5O3S. The molecule has 3 heterocycles. The third-order valence-corrected chi connectivity index (χ3v) is 6.48. The monoisotopic (exact) mass is 385 g/mol. The molecule has 0 saturated carbocycles. The lowest BCUT2D eigenvalue weighted by atomic mass is 10.1. The first-order chi connectivity index (χ1) is 12.9. The second-order valence-corrected chi connectivity index (χ2v) is 8.47. The number of aromatic nitrogens is 4. The van der Waals surface area contributed by atoms with E-state index in [0.29, 0.717) is 24.2 Å². The van der Waals surface area contributed by atoms with Crippen molar-refractivity contribution in [3.8, 4) is 0 Å². The van der Waals surface area contributed by atoms with Gasteiger partial charge in [-0.3, -0.25) is 9.48 Å². The molecule has 140 valence electrons. The van der Waals surface area contributed by atoms with Crippen LogP contribution < -0.4 is 5.56 Å². The molecule has 0 N–H and O–H groups in total. The number of benzene rings is 1. The molecule has 0 atom stereocenters. The van der Waals surface area contributed by atoms with Gasteiger partial charge < -0.3 is 4.57 Å². The molecule has 0 amide bonds. The Kier molecular flexibility index (Phi) is 4.40. The summed E-state index contributed by atoms with van der Waals surface area (Å²) in [4.78, 5) is 16.5. The first-order valence-corrected chi connectivity index (χ1v) is 9.99. The van der Waals surface area contributed by atoms with Crippen LogP contribution in [-0.4, -0.2) is 38.6 Å². The second kappa shape index (κ2) is 6.75. The molecule has 0 saturated heterocycles. The van der Waals surface area contributed by atoms with E-state index in [-0.39, 0.29) is 23.5 Å². The summed E-state index contributed by atoms with van der Waals surface area (Å²) in [5, 5.41) is 4.18. The Bertz CT molecular complexity index is 1140. The van der Waals surface area contributed by atoms with Crippen molar-refractivity contribution < 1.29 is 8.42 Å². The standard InChI is InChI=1S/C18H19N5O3S/c1-21-13-19-17-12-23(8-7-16(17)18(21)24)27(25,26)15-9-20-22(11-15)10-14-5-3-2-4-6-14/h2-6,9,11,13H,7-8,10,12H2,1H3. The van der Waals surface area contributed by atoms with Crippen LogP contribution in [0.5, 0.6) is 0 Å². The van der Waals surface area contributed by atoms with E-state index in [9.17, 15) is 13.2 Å². The summed E-state index contributed by atoms with van der Waals surface area (Å²) in [6.07, 6.45) is 4.68. The minimum atomic E-state index is -3.70. The molecule has 1 aliphatic rings. The number of fused-ring (bicyclic) bond motifs is 1. The van der Waals surface area contributed by atoms with Gasteiger partial charge in [0.2, 0.25) is 10.0 Å². The number of sulfonamides is 1. The smallest absolute Gasteiger partial charge is 0.256 e. The fraction of sp³-hybridized carbons (Fsp3) is 0.278. The molecule has 4 rings (SSSR count). The Morgan fingerprint density at radius 2 is 1.96 bits per heavy atom. The van der Waals surface area contributed by atoms with Gasteiger partial charge in [-0.2, -0.15) is 9.40 Å². The van der Waals surface area contributed by atoms with Crippen molar-refractivity contribution in [2.45, 2.75) is 24.4 Å². The first-order valence-electron chi connectivity index (χ1n) is 8.55. The largest absolute Gasteiger partial charge is 0.302 e. The Hall–Kier alpha value is -2.78. The maximum Gasteiger partial charge on any atom is 0.256 e. The van der Waals surface area contributed by atoms with Crippen LogP contribution in [0, 0.1) is 0 Å². The molecule has 0 bridgehead atoms. The SMILES string of the molecule is Cn1cnc2c(c1=O)CCN(S(=O)(=O)c1cnn(Cc3ccccc3)c1)C2. The van der Waals surface area contributed by atoms with Crippen LogP contribution in [0.15, 0.2) is 58.7 Å². The van der Waals surface area contributed by atoms with Crippen molar-refractivity contribution in [1.82, 2.24) is 23.6 Å². The van der Waals surface area contributed by atoms with Crippen molar-refractivity contribution in [2.24, 2.45) is 7.05 Å². The van der Waals surface area contributed by atoms with Crippen molar-refractivity contribution in [2.75, 3.05) is 6.54 Å². The average Bonchev–Trinajstić information content (AvgIpc) is 3.15. The molecular weight excluding hydrogens is 366 g/mol. The lowest BCUT2D eigenvalue weighted by molar-refractivity contribution is 0.382. The van der Waals surface area contributed by atoms with Gasteiger partial charge in [0.15, 0.2) is 0 Å². The van der Waals surface area contributed by atoms with E-state index in [2.05, 4.69) is 10.1 Å². The molecule has 2 aromatic heterocycles. The second-order valence-electron chi connectivity index (χ2n) is 6.53. The summed E-state index contributed by atoms with van der Waals surface area (Å²) < 4.78 is 30.3. The summed E-state index contributed by atoms with van der Waals surface area (Å²) in [6.45, 7) is 0.842. The molecule has 1 aromatic carbocycles. The Morgan fingerprint density at radius 3 is 2.74 bits per heavy atom. The summed E-state index contributed by atoms with van der Waals surface area (Å²) in [5.74, 6) is 0. The van der Waals surface area contributed by atoms with Crippen molar-refractivity contribution in [3.63, 3.8) is 0 Å². The van der Waals surface area contributed by atoms with E-state index >= 15 is 0 Å². The summed E-state index contributed by atoms with van der Waals surface area (Å²) in [7, 11) is -2.06. The Labute approximate surface area is 156 Å². The van der Waals surface area contributed by atoms with Crippen molar-refractivity contribution >= 4 is 10.0 Å². The quantitative estimate of drug-likeness (QED) is 0.662. The normalized spacial score (nSPS) is 14.9. The first kappa shape index (κ1) is 17.6. The zero-order valence-corrected chi connectivity index (χ0v) is 15.6. The predicted octanol–water partition coefficient (Wildman–Crippen LogP) is 0.772. The molecule has 9 heteroatoms. The average molecular weight is 385 g/mol.